The number of rotatable bonds is 0. The highest BCUT2D eigenvalue weighted by molar-refractivity contribution is 5.85. The highest BCUT2D eigenvalue weighted by atomic mass is 35.5. The van der Waals surface area contributed by atoms with Gasteiger partial charge in [-0.2, -0.15) is 0 Å². The summed E-state index contributed by atoms with van der Waals surface area (Å²) >= 11 is 0. The van der Waals surface area contributed by atoms with E-state index in [1.807, 2.05) is 48.5 Å². The van der Waals surface area contributed by atoms with E-state index in [1.54, 1.807) is 0 Å². The molecule has 0 radical (unpaired) electrons. The van der Waals surface area contributed by atoms with E-state index >= 15 is 0 Å². The number of benzene rings is 4. The molecule has 2 heterocycles. The van der Waals surface area contributed by atoms with Gasteiger partial charge in [-0.05, 0) is 24.3 Å². The molecule has 0 saturated carbocycles. The molecule has 6 rings (SSSR count). The van der Waals surface area contributed by atoms with Crippen LogP contribution < -0.4 is 9.47 Å². The normalized spacial score (nSPS) is 14.9. The SMILES string of the molecule is CC1(C)c2ccccc2Oc2ccccc21.CC1(C)c2ccccc2Oc2ccccc21.Cl.Cl. The summed E-state index contributed by atoms with van der Waals surface area (Å²) in [6.45, 7) is 8.97. The Balaban J connectivity index is 0.000000180. The second-order valence-corrected chi connectivity index (χ2v) is 9.44. The fourth-order valence-electron chi connectivity index (χ4n) is 4.82. The lowest BCUT2D eigenvalue weighted by Gasteiger charge is -2.34. The number of hydrogen-bond acceptors (Lipinski definition) is 2. The van der Waals surface area contributed by atoms with Gasteiger partial charge in [0, 0.05) is 33.1 Å². The van der Waals surface area contributed by atoms with Crippen molar-refractivity contribution in [1.82, 2.24) is 0 Å². The summed E-state index contributed by atoms with van der Waals surface area (Å²) < 4.78 is 11.8. The third-order valence-electron chi connectivity index (χ3n) is 6.68. The van der Waals surface area contributed by atoms with Crippen LogP contribution in [0.4, 0.5) is 0 Å². The number of halogens is 2. The fourth-order valence-corrected chi connectivity index (χ4v) is 4.82. The molecule has 0 unspecified atom stereocenters. The minimum absolute atomic E-state index is 0. The van der Waals surface area contributed by atoms with Crippen molar-refractivity contribution in [3.8, 4) is 23.0 Å². The molecule has 0 aromatic heterocycles. The van der Waals surface area contributed by atoms with Crippen molar-refractivity contribution in [3.05, 3.63) is 119 Å². The second kappa shape index (κ2) is 9.74. The van der Waals surface area contributed by atoms with Crippen LogP contribution >= 0.6 is 24.8 Å². The van der Waals surface area contributed by atoms with Crippen LogP contribution in [0.3, 0.4) is 0 Å². The molecule has 0 spiro atoms. The summed E-state index contributed by atoms with van der Waals surface area (Å²) in [5.74, 6) is 3.91. The molecule has 0 saturated heterocycles. The van der Waals surface area contributed by atoms with E-state index in [1.165, 1.54) is 22.3 Å². The monoisotopic (exact) mass is 492 g/mol. The standard InChI is InChI=1S/2C15H14O.2ClH/c2*1-15(2)11-7-3-5-9-13(11)16-14-10-6-4-8-12(14)15;;/h2*3-10H,1-2H3;2*1H. The van der Waals surface area contributed by atoms with E-state index in [-0.39, 0.29) is 35.6 Å². The number of para-hydroxylation sites is 4. The Bertz CT molecular complexity index is 1100. The third kappa shape index (κ3) is 4.29. The highest BCUT2D eigenvalue weighted by Gasteiger charge is 2.34. The Morgan fingerprint density at radius 2 is 0.588 bits per heavy atom. The molecule has 176 valence electrons. The molecule has 0 atom stereocenters. The Kier molecular flexibility index (Phi) is 7.35. The van der Waals surface area contributed by atoms with Crippen molar-refractivity contribution in [1.29, 1.82) is 0 Å². The number of fused-ring (bicyclic) bond motifs is 4. The first kappa shape index (κ1) is 25.7. The zero-order valence-electron chi connectivity index (χ0n) is 19.9. The van der Waals surface area contributed by atoms with Gasteiger partial charge in [0.25, 0.3) is 0 Å². The molecular formula is C30H30Cl2O2. The van der Waals surface area contributed by atoms with Gasteiger partial charge in [-0.25, -0.2) is 0 Å². The van der Waals surface area contributed by atoms with Crippen molar-refractivity contribution < 1.29 is 9.47 Å². The predicted octanol–water partition coefficient (Wildman–Crippen LogP) is 9.08. The minimum Gasteiger partial charge on any atom is -0.457 e. The van der Waals surface area contributed by atoms with Gasteiger partial charge < -0.3 is 9.47 Å². The quantitative estimate of drug-likeness (QED) is 0.243. The van der Waals surface area contributed by atoms with Crippen LogP contribution in [0.15, 0.2) is 97.1 Å². The van der Waals surface area contributed by atoms with Gasteiger partial charge in [0.1, 0.15) is 23.0 Å². The Hall–Kier alpha value is -2.94. The summed E-state index contributed by atoms with van der Waals surface area (Å²) in [7, 11) is 0. The van der Waals surface area contributed by atoms with Crippen molar-refractivity contribution in [2.75, 3.05) is 0 Å². The van der Waals surface area contributed by atoms with E-state index in [2.05, 4.69) is 76.2 Å². The summed E-state index contributed by atoms with van der Waals surface area (Å²) in [4.78, 5) is 0. The van der Waals surface area contributed by atoms with Crippen LogP contribution in [0, 0.1) is 0 Å². The van der Waals surface area contributed by atoms with Crippen LogP contribution in [0.2, 0.25) is 0 Å². The van der Waals surface area contributed by atoms with Gasteiger partial charge in [0.05, 0.1) is 0 Å². The summed E-state index contributed by atoms with van der Waals surface area (Å²) in [5, 5.41) is 0. The van der Waals surface area contributed by atoms with E-state index in [9.17, 15) is 0 Å². The molecule has 0 bridgehead atoms. The van der Waals surface area contributed by atoms with Gasteiger partial charge in [0.2, 0.25) is 0 Å². The lowest BCUT2D eigenvalue weighted by molar-refractivity contribution is 0.417. The van der Waals surface area contributed by atoms with Crippen LogP contribution in [0.1, 0.15) is 49.9 Å². The maximum Gasteiger partial charge on any atom is 0.131 e. The Labute approximate surface area is 214 Å². The smallest absolute Gasteiger partial charge is 0.131 e. The largest absolute Gasteiger partial charge is 0.457 e. The van der Waals surface area contributed by atoms with Crippen molar-refractivity contribution in [2.45, 2.75) is 38.5 Å². The van der Waals surface area contributed by atoms with E-state index in [4.69, 9.17) is 9.47 Å². The molecular weight excluding hydrogens is 463 g/mol. The number of hydrogen-bond donors (Lipinski definition) is 0. The third-order valence-corrected chi connectivity index (χ3v) is 6.68. The molecule has 2 aliphatic rings. The maximum atomic E-state index is 5.91. The topological polar surface area (TPSA) is 18.5 Å². The molecule has 4 aromatic rings. The lowest BCUT2D eigenvalue weighted by Crippen LogP contribution is -2.23. The van der Waals surface area contributed by atoms with E-state index in [0.29, 0.717) is 0 Å². The van der Waals surface area contributed by atoms with Gasteiger partial charge in [-0.1, -0.05) is 100 Å². The molecule has 0 amide bonds. The molecule has 0 fully saturated rings. The molecule has 4 heteroatoms. The Morgan fingerprint density at radius 1 is 0.382 bits per heavy atom. The first-order valence-corrected chi connectivity index (χ1v) is 11.1. The maximum absolute atomic E-state index is 5.91. The average molecular weight is 493 g/mol. The van der Waals surface area contributed by atoms with Crippen molar-refractivity contribution >= 4 is 24.8 Å². The zero-order valence-corrected chi connectivity index (χ0v) is 21.5. The Morgan fingerprint density at radius 3 is 0.824 bits per heavy atom. The summed E-state index contributed by atoms with van der Waals surface area (Å²) in [6.07, 6.45) is 0. The molecule has 2 aliphatic heterocycles. The highest BCUT2D eigenvalue weighted by Crippen LogP contribution is 2.48. The number of ether oxygens (including phenoxy) is 2. The molecule has 34 heavy (non-hydrogen) atoms. The fraction of sp³-hybridized carbons (Fsp3) is 0.200. The van der Waals surface area contributed by atoms with Crippen molar-refractivity contribution in [2.24, 2.45) is 0 Å². The van der Waals surface area contributed by atoms with E-state index in [0.717, 1.165) is 23.0 Å². The first-order chi connectivity index (χ1) is 15.4. The van der Waals surface area contributed by atoms with Gasteiger partial charge in [0.15, 0.2) is 0 Å². The predicted molar refractivity (Wildman–Crippen MR) is 145 cm³/mol. The second-order valence-electron chi connectivity index (χ2n) is 9.44. The first-order valence-electron chi connectivity index (χ1n) is 11.1. The molecule has 2 nitrogen and oxygen atoms in total. The van der Waals surface area contributed by atoms with Gasteiger partial charge in [-0.15, -0.1) is 24.8 Å². The molecule has 4 aromatic carbocycles. The summed E-state index contributed by atoms with van der Waals surface area (Å²) in [6, 6.07) is 33.1. The van der Waals surface area contributed by atoms with Gasteiger partial charge in [-0.3, -0.25) is 0 Å². The van der Waals surface area contributed by atoms with Crippen LogP contribution in [0.5, 0.6) is 23.0 Å². The van der Waals surface area contributed by atoms with Gasteiger partial charge >= 0.3 is 0 Å². The van der Waals surface area contributed by atoms with E-state index < -0.39 is 0 Å². The van der Waals surface area contributed by atoms with Crippen LogP contribution in [-0.4, -0.2) is 0 Å². The average Bonchev–Trinajstić information content (AvgIpc) is 2.80. The molecule has 0 N–H and O–H groups in total. The summed E-state index contributed by atoms with van der Waals surface area (Å²) in [5.41, 5.74) is 5.07. The zero-order chi connectivity index (χ0) is 22.3. The minimum atomic E-state index is 0. The van der Waals surface area contributed by atoms with Crippen LogP contribution in [0.25, 0.3) is 0 Å². The van der Waals surface area contributed by atoms with Crippen LogP contribution in [-0.2, 0) is 10.8 Å². The lowest BCUT2D eigenvalue weighted by atomic mass is 9.76. The molecule has 0 aliphatic carbocycles. The van der Waals surface area contributed by atoms with Crippen molar-refractivity contribution in [3.63, 3.8) is 0 Å².